The second-order valence-corrected chi connectivity index (χ2v) is 6.70. The molecule has 2 amide bonds. The Hall–Kier alpha value is -3.26. The number of hydrogen-bond acceptors (Lipinski definition) is 4. The monoisotopic (exact) mass is 385 g/mol. The Kier molecular flexibility index (Phi) is 5.15. The molecule has 0 bridgehead atoms. The van der Waals surface area contributed by atoms with E-state index in [0.29, 0.717) is 33.8 Å². The largest absolute Gasteiger partial charge is 0.383 e. The van der Waals surface area contributed by atoms with E-state index in [4.69, 9.17) is 0 Å². The Labute approximate surface area is 160 Å². The van der Waals surface area contributed by atoms with Crippen molar-refractivity contribution in [1.29, 1.82) is 0 Å². The molecule has 0 saturated carbocycles. The van der Waals surface area contributed by atoms with Crippen LogP contribution < -0.4 is 10.6 Å². The van der Waals surface area contributed by atoms with Gasteiger partial charge < -0.3 is 20.7 Å². The Balaban J connectivity index is 1.92. The molecule has 7 nitrogen and oxygen atoms in total. The predicted molar refractivity (Wildman–Crippen MR) is 102 cm³/mol. The third-order valence-electron chi connectivity index (χ3n) is 4.68. The first kappa shape index (κ1) is 19.5. The summed E-state index contributed by atoms with van der Waals surface area (Å²) in [5.41, 5.74) is 3.33. The van der Waals surface area contributed by atoms with E-state index in [0.717, 1.165) is 0 Å². The molecule has 1 aliphatic heterocycles. The molecular weight excluding hydrogens is 365 g/mol. The lowest BCUT2D eigenvalue weighted by molar-refractivity contribution is -0.124. The van der Waals surface area contributed by atoms with Crippen LogP contribution in [0.2, 0.25) is 0 Å². The molecule has 146 valence electrons. The number of H-pyrrole nitrogens is 1. The fourth-order valence-electron chi connectivity index (χ4n) is 3.13. The third-order valence-corrected chi connectivity index (χ3v) is 4.68. The number of Topliss-reactive ketones (excluding diaryl/α,β-unsaturated/α-hetero) is 1. The number of hydrogen-bond donors (Lipinski definition) is 4. The normalized spacial score (nSPS) is 15.3. The van der Waals surface area contributed by atoms with Crippen LogP contribution in [0.1, 0.15) is 39.8 Å². The highest BCUT2D eigenvalue weighted by Crippen LogP contribution is 2.34. The summed E-state index contributed by atoms with van der Waals surface area (Å²) < 4.78 is 13.6. The zero-order valence-electron chi connectivity index (χ0n) is 15.6. The number of aromatic nitrogens is 1. The molecule has 1 aromatic carbocycles. The Morgan fingerprint density at radius 2 is 2.04 bits per heavy atom. The smallest absolute Gasteiger partial charge is 0.256 e. The molecule has 1 aliphatic rings. The van der Waals surface area contributed by atoms with E-state index in [9.17, 15) is 23.9 Å². The number of aryl methyl sites for hydroxylation is 1. The number of aliphatic hydroxyl groups excluding tert-OH is 1. The minimum absolute atomic E-state index is 0.191. The van der Waals surface area contributed by atoms with Crippen molar-refractivity contribution in [3.05, 3.63) is 52.1 Å². The van der Waals surface area contributed by atoms with Gasteiger partial charge in [-0.3, -0.25) is 14.4 Å². The molecule has 0 spiro atoms. The number of ketones is 1. The molecule has 8 heteroatoms. The summed E-state index contributed by atoms with van der Waals surface area (Å²) in [7, 11) is 0. The molecular formula is C20H20FN3O4. The van der Waals surface area contributed by atoms with Gasteiger partial charge in [0.15, 0.2) is 5.78 Å². The van der Waals surface area contributed by atoms with Crippen molar-refractivity contribution >= 4 is 34.9 Å². The lowest BCUT2D eigenvalue weighted by Gasteiger charge is -2.09. The topological polar surface area (TPSA) is 111 Å². The second kappa shape index (κ2) is 7.40. The van der Waals surface area contributed by atoms with Crippen molar-refractivity contribution in [2.24, 2.45) is 0 Å². The molecule has 0 fully saturated rings. The predicted octanol–water partition coefficient (Wildman–Crippen LogP) is 1.94. The fourth-order valence-corrected chi connectivity index (χ4v) is 3.13. The van der Waals surface area contributed by atoms with Crippen LogP contribution in [0.25, 0.3) is 11.6 Å². The number of fused-ring (bicyclic) bond motifs is 1. The van der Waals surface area contributed by atoms with Gasteiger partial charge in [-0.15, -0.1) is 0 Å². The Bertz CT molecular complexity index is 1020. The summed E-state index contributed by atoms with van der Waals surface area (Å²) in [5, 5.41) is 14.7. The van der Waals surface area contributed by atoms with Crippen molar-refractivity contribution < 1.29 is 23.9 Å². The number of halogens is 1. The summed E-state index contributed by atoms with van der Waals surface area (Å²) in [6.45, 7) is 4.46. The first-order chi connectivity index (χ1) is 13.2. The number of benzene rings is 1. The van der Waals surface area contributed by atoms with E-state index in [-0.39, 0.29) is 18.0 Å². The first-order valence-corrected chi connectivity index (χ1v) is 8.68. The summed E-state index contributed by atoms with van der Waals surface area (Å²) in [6, 6.07) is 4.04. The van der Waals surface area contributed by atoms with Crippen LogP contribution in [0.5, 0.6) is 0 Å². The molecule has 4 N–H and O–H groups in total. The van der Waals surface area contributed by atoms with Crippen LogP contribution in [0, 0.1) is 19.7 Å². The van der Waals surface area contributed by atoms with Crippen LogP contribution in [0.15, 0.2) is 18.2 Å². The van der Waals surface area contributed by atoms with Crippen LogP contribution in [-0.2, 0) is 9.59 Å². The lowest BCUT2D eigenvalue weighted by atomic mass is 10.0. The number of nitrogens with one attached hydrogen (secondary N) is 3. The molecule has 2 heterocycles. The minimum atomic E-state index is -1.27. The third kappa shape index (κ3) is 3.59. The van der Waals surface area contributed by atoms with E-state index in [1.54, 1.807) is 19.9 Å². The van der Waals surface area contributed by atoms with E-state index >= 15 is 0 Å². The Morgan fingerprint density at radius 3 is 2.71 bits per heavy atom. The van der Waals surface area contributed by atoms with E-state index in [1.165, 1.54) is 25.1 Å². The van der Waals surface area contributed by atoms with Gasteiger partial charge in [-0.05, 0) is 50.6 Å². The van der Waals surface area contributed by atoms with Gasteiger partial charge in [-0.2, -0.15) is 0 Å². The van der Waals surface area contributed by atoms with Gasteiger partial charge in [-0.1, -0.05) is 0 Å². The highest BCUT2D eigenvalue weighted by molar-refractivity contribution is 6.34. The number of amides is 2. The molecule has 28 heavy (non-hydrogen) atoms. The average Bonchev–Trinajstić information content (AvgIpc) is 3.08. The summed E-state index contributed by atoms with van der Waals surface area (Å²) in [5.74, 6) is -1.70. The maximum absolute atomic E-state index is 13.6. The molecule has 2 aromatic rings. The van der Waals surface area contributed by atoms with Gasteiger partial charge in [0, 0.05) is 22.6 Å². The van der Waals surface area contributed by atoms with Gasteiger partial charge >= 0.3 is 0 Å². The van der Waals surface area contributed by atoms with Gasteiger partial charge in [0.25, 0.3) is 11.8 Å². The number of carbonyl (C=O) groups is 3. The summed E-state index contributed by atoms with van der Waals surface area (Å²) >= 11 is 0. The van der Waals surface area contributed by atoms with Gasteiger partial charge in [-0.25, -0.2) is 4.39 Å². The van der Waals surface area contributed by atoms with Crippen molar-refractivity contribution in [3.8, 4) is 0 Å². The second-order valence-electron chi connectivity index (χ2n) is 6.70. The molecule has 0 radical (unpaired) electrons. The average molecular weight is 385 g/mol. The zero-order chi connectivity index (χ0) is 20.6. The maximum atomic E-state index is 13.6. The molecule has 3 rings (SSSR count). The highest BCUT2D eigenvalue weighted by atomic mass is 19.1. The molecule has 1 atom stereocenters. The molecule has 1 aromatic heterocycles. The highest BCUT2D eigenvalue weighted by Gasteiger charge is 2.26. The van der Waals surface area contributed by atoms with Gasteiger partial charge in [0.1, 0.15) is 11.9 Å². The van der Waals surface area contributed by atoms with Crippen LogP contribution in [0.3, 0.4) is 0 Å². The van der Waals surface area contributed by atoms with Crippen molar-refractivity contribution in [3.63, 3.8) is 0 Å². The lowest BCUT2D eigenvalue weighted by Crippen LogP contribution is -2.36. The summed E-state index contributed by atoms with van der Waals surface area (Å²) in [4.78, 5) is 38.9. The van der Waals surface area contributed by atoms with Crippen molar-refractivity contribution in [1.82, 2.24) is 10.3 Å². The zero-order valence-corrected chi connectivity index (χ0v) is 15.6. The summed E-state index contributed by atoms with van der Waals surface area (Å²) in [6.07, 6.45) is 0.308. The molecule has 0 unspecified atom stereocenters. The number of carbonyl (C=O) groups excluding carboxylic acids is 3. The van der Waals surface area contributed by atoms with Crippen LogP contribution >= 0.6 is 0 Å². The molecule has 0 saturated heterocycles. The number of aromatic amines is 1. The van der Waals surface area contributed by atoms with Crippen LogP contribution in [-0.4, -0.2) is 40.3 Å². The standard InChI is InChI=1S/C20H20FN3O4/c1-9-16(7-14-13-6-12(21)4-5-15(13)24-19(14)27)23-10(2)18(9)20(28)22-8-17(26)11(3)25/h4-7,17,23,26H,8H2,1-3H3,(H,22,28)(H,24,27)/b14-7-/t17-/m1/s1. The van der Waals surface area contributed by atoms with E-state index in [1.807, 2.05) is 0 Å². The quantitative estimate of drug-likeness (QED) is 0.590. The fraction of sp³-hybridized carbons (Fsp3) is 0.250. The van der Waals surface area contributed by atoms with E-state index < -0.39 is 23.6 Å². The van der Waals surface area contributed by atoms with Crippen molar-refractivity contribution in [2.45, 2.75) is 26.9 Å². The van der Waals surface area contributed by atoms with Crippen molar-refractivity contribution in [2.75, 3.05) is 11.9 Å². The SMILES string of the molecule is CC(=O)[C@H](O)CNC(=O)c1c(C)[nH]c(/C=C2\C(=O)Nc3ccc(F)cc32)c1C. The van der Waals surface area contributed by atoms with E-state index in [2.05, 4.69) is 15.6 Å². The molecule has 0 aliphatic carbocycles. The van der Waals surface area contributed by atoms with Gasteiger partial charge in [0.05, 0.1) is 17.7 Å². The van der Waals surface area contributed by atoms with Gasteiger partial charge in [0.2, 0.25) is 0 Å². The number of anilines is 1. The maximum Gasteiger partial charge on any atom is 0.256 e. The minimum Gasteiger partial charge on any atom is -0.383 e. The first-order valence-electron chi connectivity index (χ1n) is 8.68. The Morgan fingerprint density at radius 1 is 1.32 bits per heavy atom. The van der Waals surface area contributed by atoms with Crippen LogP contribution in [0.4, 0.5) is 10.1 Å². The number of aliphatic hydroxyl groups is 1. The number of rotatable bonds is 5.